The van der Waals surface area contributed by atoms with Crippen LogP contribution in [-0.2, 0) is 6.54 Å². The third kappa shape index (κ3) is 3.41. The fourth-order valence-electron chi connectivity index (χ4n) is 3.40. The number of hydrogen-bond acceptors (Lipinski definition) is 6. The van der Waals surface area contributed by atoms with E-state index >= 15 is 0 Å². The minimum Gasteiger partial charge on any atom is -0.478 e. The van der Waals surface area contributed by atoms with Crippen molar-refractivity contribution in [3.8, 4) is 11.5 Å². The first-order chi connectivity index (χ1) is 14.3. The van der Waals surface area contributed by atoms with Crippen LogP contribution in [0.3, 0.4) is 0 Å². The van der Waals surface area contributed by atoms with E-state index in [1.54, 1.807) is 22.8 Å². The van der Waals surface area contributed by atoms with Gasteiger partial charge in [-0.15, -0.1) is 0 Å². The van der Waals surface area contributed by atoms with E-state index in [0.29, 0.717) is 24.3 Å². The average molecular weight is 405 g/mol. The van der Waals surface area contributed by atoms with E-state index in [-0.39, 0.29) is 17.1 Å². The van der Waals surface area contributed by atoms with E-state index in [0.717, 1.165) is 16.6 Å². The third-order valence-corrected chi connectivity index (χ3v) is 5.03. The van der Waals surface area contributed by atoms with Crippen LogP contribution in [0.4, 0.5) is 5.69 Å². The third-order valence-electron chi connectivity index (χ3n) is 5.03. The summed E-state index contributed by atoms with van der Waals surface area (Å²) < 4.78 is 1.76. The van der Waals surface area contributed by atoms with E-state index in [1.807, 2.05) is 26.0 Å². The monoisotopic (exact) mass is 405 g/mol. The molecule has 2 heterocycles. The molecule has 0 atom stereocenters. The van der Waals surface area contributed by atoms with Crippen LogP contribution in [0.5, 0.6) is 0 Å². The Hall–Kier alpha value is -4.01. The highest BCUT2D eigenvalue weighted by molar-refractivity contribution is 5.94. The molecule has 9 nitrogen and oxygen atoms in total. The number of hydrogen-bond donors (Lipinski definition) is 3. The Morgan fingerprint density at radius 2 is 1.87 bits per heavy atom. The van der Waals surface area contributed by atoms with Gasteiger partial charge in [-0.3, -0.25) is 9.78 Å². The van der Waals surface area contributed by atoms with Crippen molar-refractivity contribution in [3.63, 3.8) is 0 Å². The highest BCUT2D eigenvalue weighted by Gasteiger charge is 2.19. The molecule has 0 unspecified atom stereocenters. The van der Waals surface area contributed by atoms with Gasteiger partial charge in [0.25, 0.3) is 5.56 Å². The Morgan fingerprint density at radius 3 is 2.63 bits per heavy atom. The fourth-order valence-corrected chi connectivity index (χ4v) is 3.40. The molecule has 2 aromatic rings. The molecule has 0 saturated carbocycles. The number of carboxylic acids is 1. The number of aromatic amines is 1. The van der Waals surface area contributed by atoms with Crippen LogP contribution in [0.15, 0.2) is 46.0 Å². The van der Waals surface area contributed by atoms with Crippen LogP contribution >= 0.6 is 0 Å². The van der Waals surface area contributed by atoms with Gasteiger partial charge in [-0.1, -0.05) is 12.1 Å². The molecule has 152 valence electrons. The van der Waals surface area contributed by atoms with Crippen molar-refractivity contribution < 1.29 is 9.90 Å². The number of aromatic nitrogens is 4. The summed E-state index contributed by atoms with van der Waals surface area (Å²) in [5.41, 5.74) is 2.80. The van der Waals surface area contributed by atoms with Gasteiger partial charge in [0.15, 0.2) is 11.5 Å². The Kier molecular flexibility index (Phi) is 4.78. The van der Waals surface area contributed by atoms with Gasteiger partial charge in [-0.2, -0.15) is 4.98 Å². The molecule has 0 bridgehead atoms. The van der Waals surface area contributed by atoms with Crippen molar-refractivity contribution in [1.29, 1.82) is 0 Å². The van der Waals surface area contributed by atoms with E-state index in [4.69, 9.17) is 0 Å². The highest BCUT2D eigenvalue weighted by Crippen LogP contribution is 2.24. The van der Waals surface area contributed by atoms with Gasteiger partial charge in [0, 0.05) is 18.8 Å². The summed E-state index contributed by atoms with van der Waals surface area (Å²) in [6.45, 7) is 4.61. The average Bonchev–Trinajstić information content (AvgIpc) is 2.70. The largest absolute Gasteiger partial charge is 0.478 e. The summed E-state index contributed by atoms with van der Waals surface area (Å²) in [4.78, 5) is 46.1. The molecule has 2 aromatic carbocycles. The standard InChI is InChI=1S/C21H19N5O4/c1-11-9-15-16(10-12(11)2)26(18-17(23-15)19(27)25-21(30)24-18)8-7-22-14-6-4-3-5-13(14)20(28)29/h3-6,9-10,22H,7-8H2,1-2H3,(H,28,29)(H,25,27,30). The summed E-state index contributed by atoms with van der Waals surface area (Å²) in [6, 6.07) is 10.4. The normalized spacial score (nSPS) is 11.1. The topological polar surface area (TPSA) is 130 Å². The molecule has 2 aliphatic rings. The number of rotatable bonds is 5. The van der Waals surface area contributed by atoms with E-state index in [1.165, 1.54) is 6.07 Å². The predicted molar refractivity (Wildman–Crippen MR) is 112 cm³/mol. The lowest BCUT2D eigenvalue weighted by Crippen LogP contribution is -2.29. The zero-order valence-electron chi connectivity index (χ0n) is 16.4. The SMILES string of the molecule is Cc1cc2nc3c(=O)[nH]c(=O)nc-3n(CCNc3ccccc3C(=O)O)c2cc1C. The molecule has 0 amide bonds. The van der Waals surface area contributed by atoms with Crippen LogP contribution in [0.1, 0.15) is 21.5 Å². The minimum absolute atomic E-state index is 0.0799. The molecule has 4 rings (SSSR count). The lowest BCUT2D eigenvalue weighted by Gasteiger charge is -2.18. The molecule has 3 N–H and O–H groups in total. The van der Waals surface area contributed by atoms with Gasteiger partial charge in [0.1, 0.15) is 0 Å². The number of H-pyrrole nitrogens is 1. The molecule has 0 radical (unpaired) electrons. The van der Waals surface area contributed by atoms with Gasteiger partial charge in [0.2, 0.25) is 0 Å². The maximum atomic E-state index is 12.3. The van der Waals surface area contributed by atoms with Crippen molar-refractivity contribution in [2.45, 2.75) is 20.4 Å². The number of fused-ring (bicyclic) bond motifs is 2. The zero-order chi connectivity index (χ0) is 21.4. The number of carboxylic acid groups (broad SMARTS) is 1. The number of para-hydroxylation sites is 1. The number of nitrogens with zero attached hydrogens (tertiary/aromatic N) is 3. The minimum atomic E-state index is -1.03. The van der Waals surface area contributed by atoms with Crippen LogP contribution in [-0.4, -0.2) is 37.1 Å². The molecule has 0 saturated heterocycles. The quantitative estimate of drug-likeness (QED) is 0.433. The Bertz CT molecular complexity index is 1370. The van der Waals surface area contributed by atoms with Crippen LogP contribution in [0.2, 0.25) is 0 Å². The molecule has 30 heavy (non-hydrogen) atoms. The molecule has 2 aliphatic heterocycles. The molecular weight excluding hydrogens is 386 g/mol. The van der Waals surface area contributed by atoms with Crippen LogP contribution < -0.4 is 16.6 Å². The van der Waals surface area contributed by atoms with Crippen molar-refractivity contribution in [3.05, 3.63) is 73.9 Å². The first-order valence-corrected chi connectivity index (χ1v) is 9.33. The zero-order valence-corrected chi connectivity index (χ0v) is 16.4. The number of aryl methyl sites for hydroxylation is 2. The lowest BCUT2D eigenvalue weighted by atomic mass is 10.1. The van der Waals surface area contributed by atoms with Gasteiger partial charge in [-0.25, -0.2) is 14.6 Å². The van der Waals surface area contributed by atoms with Gasteiger partial charge in [-0.05, 0) is 49.2 Å². The molecule has 0 fully saturated rings. The number of anilines is 1. The second-order valence-corrected chi connectivity index (χ2v) is 7.01. The van der Waals surface area contributed by atoms with E-state index < -0.39 is 17.2 Å². The second kappa shape index (κ2) is 7.43. The number of carbonyl (C=O) groups is 1. The Balaban J connectivity index is 1.80. The van der Waals surface area contributed by atoms with E-state index in [9.17, 15) is 19.5 Å². The van der Waals surface area contributed by atoms with Crippen LogP contribution in [0, 0.1) is 13.8 Å². The van der Waals surface area contributed by atoms with Crippen molar-refractivity contribution >= 4 is 22.7 Å². The van der Waals surface area contributed by atoms with Gasteiger partial charge in [0.05, 0.1) is 16.6 Å². The molecule has 0 aromatic heterocycles. The smallest absolute Gasteiger partial charge is 0.349 e. The molecular formula is C21H19N5O4. The first-order valence-electron chi connectivity index (χ1n) is 9.33. The molecule has 0 spiro atoms. The lowest BCUT2D eigenvalue weighted by molar-refractivity contribution is 0.0698. The van der Waals surface area contributed by atoms with Gasteiger partial charge >= 0.3 is 11.7 Å². The summed E-state index contributed by atoms with van der Waals surface area (Å²) in [5.74, 6) is -0.839. The Labute approximate surface area is 170 Å². The second-order valence-electron chi connectivity index (χ2n) is 7.01. The van der Waals surface area contributed by atoms with Crippen molar-refractivity contribution in [2.75, 3.05) is 11.9 Å². The summed E-state index contributed by atoms with van der Waals surface area (Å²) in [5, 5.41) is 12.5. The maximum absolute atomic E-state index is 12.3. The first kappa shape index (κ1) is 19.3. The van der Waals surface area contributed by atoms with Crippen molar-refractivity contribution in [2.24, 2.45) is 0 Å². The maximum Gasteiger partial charge on any atom is 0.349 e. The van der Waals surface area contributed by atoms with Crippen molar-refractivity contribution in [1.82, 2.24) is 19.5 Å². The summed E-state index contributed by atoms with van der Waals surface area (Å²) in [7, 11) is 0. The molecule has 9 heteroatoms. The number of benzene rings is 2. The van der Waals surface area contributed by atoms with E-state index in [2.05, 4.69) is 20.3 Å². The molecule has 0 aliphatic carbocycles. The summed E-state index contributed by atoms with van der Waals surface area (Å²) in [6.07, 6.45) is 0. The Morgan fingerprint density at radius 1 is 1.13 bits per heavy atom. The fraction of sp³-hybridized carbons (Fsp3) is 0.190. The summed E-state index contributed by atoms with van der Waals surface area (Å²) >= 11 is 0. The number of nitrogens with one attached hydrogen (secondary N) is 2. The highest BCUT2D eigenvalue weighted by atomic mass is 16.4. The predicted octanol–water partition coefficient (Wildman–Crippen LogP) is 2.01. The van der Waals surface area contributed by atoms with Gasteiger partial charge < -0.3 is 15.0 Å². The van der Waals surface area contributed by atoms with Crippen LogP contribution in [0.25, 0.3) is 22.6 Å². The number of aromatic carboxylic acids is 1.